The molecule has 0 spiro atoms. The van der Waals surface area contributed by atoms with E-state index in [-0.39, 0.29) is 0 Å². The van der Waals surface area contributed by atoms with Gasteiger partial charge in [0.25, 0.3) is 0 Å². The molecular formula is C9H7N2O2. The summed E-state index contributed by atoms with van der Waals surface area (Å²) in [6.45, 7) is 0.401. The van der Waals surface area contributed by atoms with Crippen molar-refractivity contribution in [2.45, 2.75) is 6.61 Å². The number of hydrogen-bond donors (Lipinski definition) is 0. The highest BCUT2D eigenvalue weighted by atomic mass is 16.5. The highest BCUT2D eigenvalue weighted by molar-refractivity contribution is 5.08. The molecule has 0 unspecified atom stereocenters. The third kappa shape index (κ3) is 2.05. The summed E-state index contributed by atoms with van der Waals surface area (Å²) < 4.78 is 9.81. The van der Waals surface area contributed by atoms with Crippen LogP contribution in [-0.2, 0) is 6.61 Å². The van der Waals surface area contributed by atoms with Gasteiger partial charge in [0.2, 0.25) is 0 Å². The van der Waals surface area contributed by atoms with Gasteiger partial charge in [0, 0.05) is 6.20 Å². The average Bonchev–Trinajstić information content (AvgIpc) is 2.69. The highest BCUT2D eigenvalue weighted by Gasteiger charge is 1.97. The number of aromatic nitrogens is 2. The van der Waals surface area contributed by atoms with Crippen molar-refractivity contribution < 1.29 is 9.26 Å². The Labute approximate surface area is 75.2 Å². The molecule has 1 radical (unpaired) electrons. The van der Waals surface area contributed by atoms with E-state index < -0.39 is 0 Å². The molecule has 4 heteroatoms. The van der Waals surface area contributed by atoms with Gasteiger partial charge < -0.3 is 9.26 Å². The Hall–Kier alpha value is -1.84. The van der Waals surface area contributed by atoms with Crippen LogP contribution in [0.3, 0.4) is 0 Å². The van der Waals surface area contributed by atoms with E-state index in [1.54, 1.807) is 6.20 Å². The van der Waals surface area contributed by atoms with Crippen molar-refractivity contribution in [3.8, 4) is 5.75 Å². The molecule has 0 aliphatic heterocycles. The monoisotopic (exact) mass is 175 g/mol. The fourth-order valence-electron chi connectivity index (χ4n) is 0.873. The molecule has 0 N–H and O–H groups in total. The Bertz CT molecular complexity index is 345. The maximum absolute atomic E-state index is 5.26. The fraction of sp³-hybridized carbons (Fsp3) is 0.111. The number of hydrogen-bond acceptors (Lipinski definition) is 4. The van der Waals surface area contributed by atoms with E-state index in [9.17, 15) is 0 Å². The van der Waals surface area contributed by atoms with E-state index in [0.717, 1.165) is 5.69 Å². The molecule has 2 aromatic heterocycles. The molecule has 0 aliphatic carbocycles. The summed E-state index contributed by atoms with van der Waals surface area (Å²) in [4.78, 5) is 4.09. The van der Waals surface area contributed by atoms with E-state index in [1.165, 1.54) is 6.26 Å². The molecule has 2 rings (SSSR count). The molecule has 13 heavy (non-hydrogen) atoms. The molecule has 0 saturated heterocycles. The van der Waals surface area contributed by atoms with Gasteiger partial charge in [-0.1, -0.05) is 11.2 Å². The van der Waals surface area contributed by atoms with Gasteiger partial charge in [-0.2, -0.15) is 0 Å². The summed E-state index contributed by atoms with van der Waals surface area (Å²) >= 11 is 0. The number of ether oxygens (including phenoxy) is 1. The minimum absolute atomic E-state index is 0.401. The van der Waals surface area contributed by atoms with Crippen LogP contribution in [0.4, 0.5) is 0 Å². The zero-order valence-electron chi connectivity index (χ0n) is 6.80. The molecule has 0 amide bonds. The van der Waals surface area contributed by atoms with Crippen molar-refractivity contribution in [3.05, 3.63) is 42.5 Å². The van der Waals surface area contributed by atoms with Gasteiger partial charge in [-0.3, -0.25) is 4.98 Å². The molecule has 0 aliphatic rings. The maximum atomic E-state index is 5.26. The normalized spacial score (nSPS) is 9.85. The number of rotatable bonds is 3. The fourth-order valence-corrected chi connectivity index (χ4v) is 0.873. The third-order valence-electron chi connectivity index (χ3n) is 1.47. The number of pyridine rings is 1. The maximum Gasteiger partial charge on any atom is 0.189 e. The topological polar surface area (TPSA) is 48.2 Å². The van der Waals surface area contributed by atoms with Crippen LogP contribution >= 0.6 is 0 Å². The summed E-state index contributed by atoms with van der Waals surface area (Å²) in [5.41, 5.74) is 0.858. The van der Waals surface area contributed by atoms with E-state index in [1.807, 2.05) is 18.2 Å². The van der Waals surface area contributed by atoms with E-state index in [0.29, 0.717) is 12.4 Å². The standard InChI is InChI=1S/C9H7N2O2/c1-2-4-10-8(3-1)6-12-9-5-11-13-7-9/h1-4,7H,6H2. The van der Waals surface area contributed by atoms with Crippen LogP contribution in [0.2, 0.25) is 0 Å². The smallest absolute Gasteiger partial charge is 0.189 e. The van der Waals surface area contributed by atoms with E-state index in [4.69, 9.17) is 4.74 Å². The summed E-state index contributed by atoms with van der Waals surface area (Å²) in [7, 11) is 0. The van der Waals surface area contributed by atoms with Crippen LogP contribution < -0.4 is 4.74 Å². The summed E-state index contributed by atoms with van der Waals surface area (Å²) in [5.74, 6) is 0.491. The molecule has 0 saturated carbocycles. The molecular weight excluding hydrogens is 168 g/mol. The van der Waals surface area contributed by atoms with Crippen LogP contribution in [-0.4, -0.2) is 10.1 Å². The van der Waals surface area contributed by atoms with Crippen molar-refractivity contribution in [1.82, 2.24) is 10.1 Å². The Morgan fingerprint density at radius 2 is 2.46 bits per heavy atom. The third-order valence-corrected chi connectivity index (χ3v) is 1.47. The predicted molar refractivity (Wildman–Crippen MR) is 43.9 cm³/mol. The van der Waals surface area contributed by atoms with E-state index >= 15 is 0 Å². The van der Waals surface area contributed by atoms with E-state index in [2.05, 4.69) is 20.9 Å². The zero-order chi connectivity index (χ0) is 8.93. The minimum atomic E-state index is 0.401. The second-order valence-corrected chi connectivity index (χ2v) is 2.40. The minimum Gasteiger partial charge on any atom is -0.481 e. The second-order valence-electron chi connectivity index (χ2n) is 2.40. The van der Waals surface area contributed by atoms with Crippen LogP contribution in [0.15, 0.2) is 35.2 Å². The first kappa shape index (κ1) is 7.79. The van der Waals surface area contributed by atoms with Crippen molar-refractivity contribution in [3.63, 3.8) is 0 Å². The SMILES string of the molecule is [c]1nocc1OCc1ccccn1. The lowest BCUT2D eigenvalue weighted by Crippen LogP contribution is -1.96. The van der Waals surface area contributed by atoms with Crippen LogP contribution in [0, 0.1) is 6.20 Å². The molecule has 0 fully saturated rings. The summed E-state index contributed by atoms with van der Waals surface area (Å²) in [5, 5.41) is 3.39. The van der Waals surface area contributed by atoms with Crippen molar-refractivity contribution in [2.75, 3.05) is 0 Å². The van der Waals surface area contributed by atoms with Gasteiger partial charge in [-0.05, 0) is 12.1 Å². The van der Waals surface area contributed by atoms with Gasteiger partial charge in [0.15, 0.2) is 18.2 Å². The Kier molecular flexibility index (Phi) is 2.22. The van der Waals surface area contributed by atoms with Crippen molar-refractivity contribution >= 4 is 0 Å². The Morgan fingerprint density at radius 1 is 1.46 bits per heavy atom. The Balaban J connectivity index is 1.94. The first-order valence-electron chi connectivity index (χ1n) is 3.80. The van der Waals surface area contributed by atoms with Gasteiger partial charge in [-0.15, -0.1) is 0 Å². The molecule has 65 valence electrons. The first-order valence-corrected chi connectivity index (χ1v) is 3.80. The van der Waals surface area contributed by atoms with Gasteiger partial charge in [0.05, 0.1) is 5.69 Å². The van der Waals surface area contributed by atoms with Gasteiger partial charge >= 0.3 is 0 Å². The highest BCUT2D eigenvalue weighted by Crippen LogP contribution is 2.08. The lowest BCUT2D eigenvalue weighted by molar-refractivity contribution is 0.296. The Morgan fingerprint density at radius 3 is 3.15 bits per heavy atom. The second kappa shape index (κ2) is 3.71. The molecule has 2 aromatic rings. The zero-order valence-corrected chi connectivity index (χ0v) is 6.80. The molecule has 0 bridgehead atoms. The molecule has 2 heterocycles. The molecule has 0 atom stereocenters. The van der Waals surface area contributed by atoms with Crippen LogP contribution in [0.1, 0.15) is 5.69 Å². The van der Waals surface area contributed by atoms with Crippen LogP contribution in [0.25, 0.3) is 0 Å². The first-order chi connectivity index (χ1) is 6.45. The summed E-state index contributed by atoms with van der Waals surface area (Å²) in [6.07, 6.45) is 5.65. The average molecular weight is 175 g/mol. The molecule has 4 nitrogen and oxygen atoms in total. The quantitative estimate of drug-likeness (QED) is 0.708. The van der Waals surface area contributed by atoms with Crippen molar-refractivity contribution in [1.29, 1.82) is 0 Å². The predicted octanol–water partition coefficient (Wildman–Crippen LogP) is 1.45. The van der Waals surface area contributed by atoms with Crippen LogP contribution in [0.5, 0.6) is 5.75 Å². The summed E-state index contributed by atoms with van der Waals surface area (Å²) in [6, 6.07) is 5.64. The largest absolute Gasteiger partial charge is 0.481 e. The lowest BCUT2D eigenvalue weighted by Gasteiger charge is -1.99. The van der Waals surface area contributed by atoms with Crippen molar-refractivity contribution in [2.24, 2.45) is 0 Å². The molecule has 0 aromatic carbocycles. The number of nitrogens with zero attached hydrogens (tertiary/aromatic N) is 2. The van der Waals surface area contributed by atoms with Gasteiger partial charge in [-0.25, -0.2) is 0 Å². The van der Waals surface area contributed by atoms with Gasteiger partial charge in [0.1, 0.15) is 6.61 Å². The lowest BCUT2D eigenvalue weighted by atomic mass is 10.4.